The summed E-state index contributed by atoms with van der Waals surface area (Å²) in [6, 6.07) is 0.488. The monoisotopic (exact) mass is 287 g/mol. The molecular weight excluding hydrogens is 258 g/mol. The first kappa shape index (κ1) is 17.4. The van der Waals surface area contributed by atoms with Gasteiger partial charge < -0.3 is 14.2 Å². The molecule has 1 saturated carbocycles. The highest BCUT2D eigenvalue weighted by atomic mass is 16.5. The second-order valence-corrected chi connectivity index (χ2v) is 5.53. The molecule has 1 rings (SSSR count). The molecule has 0 spiro atoms. The minimum absolute atomic E-state index is 0.132. The number of hydrogen-bond acceptors (Lipinski definition) is 5. The summed E-state index contributed by atoms with van der Waals surface area (Å²) in [4.78, 5) is 12.1. The van der Waals surface area contributed by atoms with E-state index in [1.807, 2.05) is 13.8 Å². The number of nitrogens with one attached hydrogen (secondary N) is 1. The minimum atomic E-state index is -0.552. The van der Waals surface area contributed by atoms with Crippen LogP contribution in [0.15, 0.2) is 0 Å². The van der Waals surface area contributed by atoms with Crippen molar-refractivity contribution in [3.63, 3.8) is 0 Å². The lowest BCUT2D eigenvalue weighted by Crippen LogP contribution is -2.51. The van der Waals surface area contributed by atoms with Crippen LogP contribution in [0.4, 0.5) is 0 Å². The summed E-state index contributed by atoms with van der Waals surface area (Å²) in [5.41, 5.74) is -0.552. The fraction of sp³-hybridized carbons (Fsp3) is 0.933. The van der Waals surface area contributed by atoms with E-state index in [-0.39, 0.29) is 5.97 Å². The summed E-state index contributed by atoms with van der Waals surface area (Å²) < 4.78 is 15.5. The molecular formula is C15H29NO4. The zero-order valence-corrected chi connectivity index (χ0v) is 13.1. The van der Waals surface area contributed by atoms with Crippen molar-refractivity contribution in [3.05, 3.63) is 0 Å². The molecule has 20 heavy (non-hydrogen) atoms. The Hall–Kier alpha value is -0.650. The van der Waals surface area contributed by atoms with Gasteiger partial charge in [-0.1, -0.05) is 0 Å². The van der Waals surface area contributed by atoms with E-state index in [9.17, 15) is 4.79 Å². The Morgan fingerprint density at radius 3 is 2.60 bits per heavy atom. The Bertz CT molecular complexity index is 281. The first-order chi connectivity index (χ1) is 9.62. The maximum atomic E-state index is 12.1. The summed E-state index contributed by atoms with van der Waals surface area (Å²) in [5, 5.41) is 3.43. The number of methoxy groups -OCH3 is 1. The number of rotatable bonds is 12. The van der Waals surface area contributed by atoms with E-state index in [0.717, 1.165) is 32.1 Å². The third-order valence-electron chi connectivity index (χ3n) is 3.47. The molecule has 1 N–H and O–H groups in total. The zero-order valence-electron chi connectivity index (χ0n) is 13.1. The van der Waals surface area contributed by atoms with Crippen molar-refractivity contribution >= 4 is 5.97 Å². The molecule has 5 heteroatoms. The summed E-state index contributed by atoms with van der Waals surface area (Å²) in [6.45, 7) is 6.20. The van der Waals surface area contributed by atoms with Crippen molar-refractivity contribution in [1.29, 1.82) is 0 Å². The Balaban J connectivity index is 2.23. The van der Waals surface area contributed by atoms with Crippen LogP contribution in [-0.4, -0.2) is 51.1 Å². The third kappa shape index (κ3) is 6.68. The third-order valence-corrected chi connectivity index (χ3v) is 3.47. The number of carbonyl (C=O) groups excluding carboxylic acids is 1. The first-order valence-electron chi connectivity index (χ1n) is 7.64. The molecule has 1 atom stereocenters. The van der Waals surface area contributed by atoms with Gasteiger partial charge in [0.25, 0.3) is 0 Å². The van der Waals surface area contributed by atoms with E-state index in [1.54, 1.807) is 7.11 Å². The van der Waals surface area contributed by atoms with Gasteiger partial charge >= 0.3 is 5.97 Å². The Morgan fingerprint density at radius 2 is 2.00 bits per heavy atom. The highest BCUT2D eigenvalue weighted by Gasteiger charge is 2.38. The molecule has 1 fully saturated rings. The average Bonchev–Trinajstić information content (AvgIpc) is 3.22. The summed E-state index contributed by atoms with van der Waals surface area (Å²) in [5.74, 6) is -0.132. The molecule has 0 radical (unpaired) electrons. The molecule has 0 heterocycles. The van der Waals surface area contributed by atoms with Crippen LogP contribution in [0.3, 0.4) is 0 Å². The van der Waals surface area contributed by atoms with Crippen molar-refractivity contribution in [2.24, 2.45) is 0 Å². The van der Waals surface area contributed by atoms with Gasteiger partial charge in [-0.3, -0.25) is 10.1 Å². The number of ether oxygens (including phenoxy) is 3. The fourth-order valence-corrected chi connectivity index (χ4v) is 2.13. The van der Waals surface area contributed by atoms with Crippen LogP contribution < -0.4 is 5.32 Å². The van der Waals surface area contributed by atoms with Crippen LogP contribution >= 0.6 is 0 Å². The largest absolute Gasteiger partial charge is 0.465 e. The lowest BCUT2D eigenvalue weighted by Gasteiger charge is -2.28. The predicted octanol–water partition coefficient (Wildman–Crippen LogP) is 1.89. The van der Waals surface area contributed by atoms with E-state index in [0.29, 0.717) is 32.5 Å². The van der Waals surface area contributed by atoms with Crippen molar-refractivity contribution < 1.29 is 19.0 Å². The van der Waals surface area contributed by atoms with Gasteiger partial charge in [-0.2, -0.15) is 0 Å². The van der Waals surface area contributed by atoms with Gasteiger partial charge in [-0.05, 0) is 46.0 Å². The van der Waals surface area contributed by atoms with Crippen molar-refractivity contribution in [1.82, 2.24) is 5.32 Å². The van der Waals surface area contributed by atoms with Gasteiger partial charge in [0, 0.05) is 19.8 Å². The predicted molar refractivity (Wildman–Crippen MR) is 77.7 cm³/mol. The van der Waals surface area contributed by atoms with Crippen LogP contribution in [0.1, 0.15) is 46.0 Å². The Morgan fingerprint density at radius 1 is 1.25 bits per heavy atom. The van der Waals surface area contributed by atoms with Gasteiger partial charge in [0.2, 0.25) is 0 Å². The molecule has 118 valence electrons. The topological polar surface area (TPSA) is 56.8 Å². The highest BCUT2D eigenvalue weighted by molar-refractivity contribution is 5.80. The van der Waals surface area contributed by atoms with Crippen LogP contribution in [0.2, 0.25) is 0 Å². The maximum absolute atomic E-state index is 12.1. The van der Waals surface area contributed by atoms with E-state index in [1.165, 1.54) is 0 Å². The molecule has 0 saturated heterocycles. The molecule has 5 nitrogen and oxygen atoms in total. The van der Waals surface area contributed by atoms with Crippen LogP contribution in [0, 0.1) is 0 Å². The fourth-order valence-electron chi connectivity index (χ4n) is 2.13. The second-order valence-electron chi connectivity index (χ2n) is 5.53. The van der Waals surface area contributed by atoms with Gasteiger partial charge in [-0.25, -0.2) is 0 Å². The maximum Gasteiger partial charge on any atom is 0.326 e. The molecule has 0 amide bonds. The number of unbranched alkanes of at least 4 members (excludes halogenated alkanes) is 1. The van der Waals surface area contributed by atoms with Crippen LogP contribution in [0.5, 0.6) is 0 Å². The van der Waals surface area contributed by atoms with Gasteiger partial charge in [0.1, 0.15) is 5.54 Å². The average molecular weight is 287 g/mol. The van der Waals surface area contributed by atoms with E-state index < -0.39 is 5.54 Å². The standard InChI is InChI=1S/C15H29NO4/c1-4-20-14(17)15(2,16-13-7-8-13)9-5-6-10-19-12-11-18-3/h13,16H,4-12H2,1-3H3. The smallest absolute Gasteiger partial charge is 0.326 e. The van der Waals surface area contributed by atoms with E-state index in [2.05, 4.69) is 5.32 Å². The highest BCUT2D eigenvalue weighted by Crippen LogP contribution is 2.26. The molecule has 0 aromatic rings. The number of carbonyl (C=O) groups is 1. The summed E-state index contributed by atoms with van der Waals surface area (Å²) in [7, 11) is 1.66. The molecule has 0 bridgehead atoms. The molecule has 1 aliphatic carbocycles. The summed E-state index contributed by atoms with van der Waals surface area (Å²) in [6.07, 6.45) is 5.01. The number of esters is 1. The lowest BCUT2D eigenvalue weighted by atomic mass is 9.94. The van der Waals surface area contributed by atoms with Crippen LogP contribution in [0.25, 0.3) is 0 Å². The Labute approximate surface area is 122 Å². The quantitative estimate of drug-likeness (QED) is 0.439. The molecule has 1 unspecified atom stereocenters. The van der Waals surface area contributed by atoms with Gasteiger partial charge in [-0.15, -0.1) is 0 Å². The zero-order chi connectivity index (χ0) is 14.8. The molecule has 0 aliphatic heterocycles. The van der Waals surface area contributed by atoms with Crippen LogP contribution in [-0.2, 0) is 19.0 Å². The summed E-state index contributed by atoms with van der Waals surface area (Å²) >= 11 is 0. The number of hydrogen-bond donors (Lipinski definition) is 1. The first-order valence-corrected chi connectivity index (χ1v) is 7.64. The van der Waals surface area contributed by atoms with Gasteiger partial charge in [0.05, 0.1) is 19.8 Å². The van der Waals surface area contributed by atoms with E-state index >= 15 is 0 Å². The molecule has 0 aromatic carbocycles. The van der Waals surface area contributed by atoms with Crippen molar-refractivity contribution in [2.45, 2.75) is 57.5 Å². The minimum Gasteiger partial charge on any atom is -0.465 e. The molecule has 0 aromatic heterocycles. The molecule has 1 aliphatic rings. The SMILES string of the molecule is CCOC(=O)C(C)(CCCCOCCOC)NC1CC1. The van der Waals surface area contributed by atoms with Crippen molar-refractivity contribution in [2.75, 3.05) is 33.5 Å². The van der Waals surface area contributed by atoms with Gasteiger partial charge in [0.15, 0.2) is 0 Å². The van der Waals surface area contributed by atoms with Crippen molar-refractivity contribution in [3.8, 4) is 0 Å². The Kier molecular flexibility index (Phi) is 8.11. The lowest BCUT2D eigenvalue weighted by molar-refractivity contribution is -0.151. The normalized spacial score (nSPS) is 17.8. The van der Waals surface area contributed by atoms with E-state index in [4.69, 9.17) is 14.2 Å². The second kappa shape index (κ2) is 9.32.